The molecule has 0 amide bonds. The Hall–Kier alpha value is -4.56. The first-order chi connectivity index (χ1) is 34.3. The van der Waals surface area contributed by atoms with E-state index in [0.29, 0.717) is 48.3 Å². The molecule has 4 aromatic carbocycles. The van der Waals surface area contributed by atoms with Crippen LogP contribution in [0.5, 0.6) is 11.5 Å². The van der Waals surface area contributed by atoms with Crippen molar-refractivity contribution in [1.82, 2.24) is 9.80 Å². The summed E-state index contributed by atoms with van der Waals surface area (Å²) in [6.45, 7) is 8.55. The van der Waals surface area contributed by atoms with Crippen molar-refractivity contribution in [2.24, 2.45) is 23.7 Å². The highest BCUT2D eigenvalue weighted by molar-refractivity contribution is 5.90. The van der Waals surface area contributed by atoms with Gasteiger partial charge in [0.05, 0.1) is 24.0 Å². The minimum Gasteiger partial charge on any atom is -0.490 e. The van der Waals surface area contributed by atoms with Gasteiger partial charge < -0.3 is 19.7 Å². The van der Waals surface area contributed by atoms with Gasteiger partial charge in [-0.25, -0.2) is 0 Å². The van der Waals surface area contributed by atoms with Crippen LogP contribution in [-0.4, -0.2) is 68.3 Å². The van der Waals surface area contributed by atoms with Crippen LogP contribution in [0.1, 0.15) is 178 Å². The van der Waals surface area contributed by atoms with E-state index in [-0.39, 0.29) is 82.6 Å². The average Bonchev–Trinajstić information content (AvgIpc) is 3.72. The summed E-state index contributed by atoms with van der Waals surface area (Å²) in [4.78, 5) is 28.1. The molecule has 6 aliphatic rings. The highest BCUT2D eigenvalue weighted by Crippen LogP contribution is 2.49. The Morgan fingerprint density at radius 2 is 0.861 bits per heavy atom. The van der Waals surface area contributed by atoms with Gasteiger partial charge in [0.2, 0.25) is 0 Å². The number of hydrogen-bond acceptors (Lipinski definition) is 6. The van der Waals surface area contributed by atoms with Crippen LogP contribution in [0.3, 0.4) is 0 Å². The molecule has 6 fully saturated rings. The molecule has 2 N–H and O–H groups in total. The van der Waals surface area contributed by atoms with Crippen LogP contribution >= 0.6 is 0 Å². The van der Waals surface area contributed by atoms with E-state index in [1.165, 1.54) is 12.1 Å². The lowest BCUT2D eigenvalue weighted by Crippen LogP contribution is -2.46. The summed E-state index contributed by atoms with van der Waals surface area (Å²) in [6, 6.07) is 18.2. The van der Waals surface area contributed by atoms with E-state index in [0.717, 1.165) is 101 Å². The normalized spacial score (nSPS) is 29.9. The number of hydrogen-bond donors (Lipinski definition) is 2. The monoisotopic (exact) mass is 1010 g/mol. The van der Waals surface area contributed by atoms with Gasteiger partial charge in [0, 0.05) is 36.3 Å². The van der Waals surface area contributed by atoms with Crippen molar-refractivity contribution in [3.05, 3.63) is 82.9 Å². The summed E-state index contributed by atoms with van der Waals surface area (Å²) < 4.78 is 97.6. The van der Waals surface area contributed by atoms with Crippen molar-refractivity contribution in [1.29, 1.82) is 0 Å². The number of carboxylic acid groups (broad SMARTS) is 2. The molecule has 0 radical (unpaired) electrons. The van der Waals surface area contributed by atoms with Gasteiger partial charge in [-0.15, -0.1) is 0 Å². The van der Waals surface area contributed by atoms with E-state index < -0.39 is 35.4 Å². The van der Waals surface area contributed by atoms with Crippen molar-refractivity contribution in [3.8, 4) is 11.5 Å². The van der Waals surface area contributed by atoms with Crippen LogP contribution in [0.4, 0.5) is 26.3 Å². The van der Waals surface area contributed by atoms with Crippen molar-refractivity contribution in [2.75, 3.05) is 0 Å². The van der Waals surface area contributed by atoms with Crippen LogP contribution in [0.25, 0.3) is 21.5 Å². The second-order valence-corrected chi connectivity index (χ2v) is 22.4. The first-order valence-corrected chi connectivity index (χ1v) is 26.9. The highest BCUT2D eigenvalue weighted by atomic mass is 19.4. The maximum Gasteiger partial charge on any atom is 0.420 e. The number of piperidine rings is 2. The molecule has 2 aliphatic carbocycles. The van der Waals surface area contributed by atoms with Crippen LogP contribution in [0.2, 0.25) is 0 Å². The van der Waals surface area contributed by atoms with E-state index in [9.17, 15) is 46.1 Å². The maximum absolute atomic E-state index is 14.3. The third-order valence-corrected chi connectivity index (χ3v) is 17.6. The zero-order valence-corrected chi connectivity index (χ0v) is 42.1. The standard InChI is InChI=1S/2C29H36F3NO3/c2*1-3-25(33-21-8-9-22(33)16-20(15-21)28(34)35)19-6-12-24-18(14-19)7-13-26(27(24)29(30,31)32)36-23-10-4-17(2)5-11-23/h2*6-7,12-14,17,20-23,25H,3-5,8-11,15-16H2,1-2H3,(H,34,35)/t2*17?,20?,21?,22?,23?,25-/m10/s1. The Balaban J connectivity index is 0.000000178. The molecule has 72 heavy (non-hydrogen) atoms. The van der Waals surface area contributed by atoms with E-state index in [1.807, 2.05) is 24.3 Å². The number of halogens is 6. The summed E-state index contributed by atoms with van der Waals surface area (Å²) in [5, 5.41) is 20.5. The quantitative estimate of drug-likeness (QED) is 0.135. The van der Waals surface area contributed by atoms with Gasteiger partial charge in [-0.3, -0.25) is 19.4 Å². The number of aliphatic carboxylic acids is 2. The van der Waals surface area contributed by atoms with E-state index in [2.05, 4.69) is 37.5 Å². The van der Waals surface area contributed by atoms with E-state index in [4.69, 9.17) is 9.47 Å². The summed E-state index contributed by atoms with van der Waals surface area (Å²) >= 11 is 0. The van der Waals surface area contributed by atoms with Gasteiger partial charge >= 0.3 is 24.3 Å². The summed E-state index contributed by atoms with van der Waals surface area (Å²) in [5.41, 5.74) is 0.638. The Kier molecular flexibility index (Phi) is 15.5. The Bertz CT molecular complexity index is 2360. The molecule has 10 rings (SSSR count). The molecule has 4 unspecified atom stereocenters. The number of carboxylic acids is 2. The molecule has 4 bridgehead atoms. The predicted octanol–water partition coefficient (Wildman–Crippen LogP) is 15.2. The molecule has 0 aromatic heterocycles. The van der Waals surface area contributed by atoms with Gasteiger partial charge in [-0.05, 0) is 184 Å². The molecule has 392 valence electrons. The smallest absolute Gasteiger partial charge is 0.420 e. The Morgan fingerprint density at radius 1 is 0.528 bits per heavy atom. The SMILES string of the molecule is CC[C@@H](c1ccc2c(C(F)(F)F)c(OC3CCC(C)CC3)ccc2c1)N1C2CCC1CC(C(=O)O)C2.CC[C@H](c1ccc2c(C(F)(F)F)c(OC3CCC(C)CC3)ccc2c1)N1C2CCC1CC(C(=O)O)C2. The Labute approximate surface area is 419 Å². The van der Waals surface area contributed by atoms with Gasteiger partial charge in [-0.1, -0.05) is 64.1 Å². The first-order valence-electron chi connectivity index (χ1n) is 26.9. The molecule has 4 heterocycles. The molecule has 14 heteroatoms. The Morgan fingerprint density at radius 3 is 1.15 bits per heavy atom. The minimum atomic E-state index is -4.51. The summed E-state index contributed by atoms with van der Waals surface area (Å²) in [6.07, 6.45) is 5.86. The molecular weight excluding hydrogens is 935 g/mol. The highest BCUT2D eigenvalue weighted by Gasteiger charge is 2.48. The number of rotatable bonds is 12. The lowest BCUT2D eigenvalue weighted by Gasteiger charge is -2.42. The largest absolute Gasteiger partial charge is 0.490 e. The summed E-state index contributed by atoms with van der Waals surface area (Å²) in [7, 11) is 0. The minimum absolute atomic E-state index is 0.0659. The fraction of sp³-hybridized carbons (Fsp3) is 0.621. The van der Waals surface area contributed by atoms with Crippen LogP contribution in [0.15, 0.2) is 60.7 Å². The second-order valence-electron chi connectivity index (χ2n) is 22.4. The maximum atomic E-state index is 14.3. The zero-order chi connectivity index (χ0) is 51.2. The lowest BCUT2D eigenvalue weighted by atomic mass is 9.87. The topological polar surface area (TPSA) is 99.5 Å². The van der Waals surface area contributed by atoms with Crippen molar-refractivity contribution >= 4 is 33.5 Å². The number of alkyl halides is 6. The van der Waals surface area contributed by atoms with Crippen molar-refractivity contribution in [3.63, 3.8) is 0 Å². The lowest BCUT2D eigenvalue weighted by molar-refractivity contribution is -0.145. The average molecular weight is 1010 g/mol. The van der Waals surface area contributed by atoms with Gasteiger partial charge in [0.15, 0.2) is 0 Å². The molecule has 4 aliphatic heterocycles. The van der Waals surface area contributed by atoms with Gasteiger partial charge in [0.25, 0.3) is 0 Å². The predicted molar refractivity (Wildman–Crippen MR) is 266 cm³/mol. The van der Waals surface area contributed by atoms with E-state index >= 15 is 0 Å². The number of fused-ring (bicyclic) bond motifs is 6. The van der Waals surface area contributed by atoms with Gasteiger partial charge in [-0.2, -0.15) is 26.3 Å². The van der Waals surface area contributed by atoms with Crippen LogP contribution in [-0.2, 0) is 21.9 Å². The third kappa shape index (κ3) is 11.0. The molecular formula is C58H72F6N2O6. The zero-order valence-electron chi connectivity index (χ0n) is 42.1. The molecule has 4 saturated heterocycles. The number of benzene rings is 4. The molecule has 8 nitrogen and oxygen atoms in total. The third-order valence-electron chi connectivity index (χ3n) is 17.6. The van der Waals surface area contributed by atoms with Gasteiger partial charge in [0.1, 0.15) is 22.6 Å². The second kappa shape index (κ2) is 21.4. The number of carbonyl (C=O) groups is 2. The van der Waals surface area contributed by atoms with Crippen molar-refractivity contribution in [2.45, 2.75) is 204 Å². The molecule has 0 spiro atoms. The van der Waals surface area contributed by atoms with Crippen molar-refractivity contribution < 1.29 is 55.6 Å². The fourth-order valence-electron chi connectivity index (χ4n) is 14.0. The fourth-order valence-corrected chi connectivity index (χ4v) is 14.0. The number of ether oxygens (including phenoxy) is 2. The summed E-state index contributed by atoms with van der Waals surface area (Å²) in [5.74, 6) is -0.971. The molecule has 6 atom stereocenters. The molecule has 4 aromatic rings. The molecule has 2 saturated carbocycles. The first kappa shape index (κ1) is 52.3. The van der Waals surface area contributed by atoms with Crippen LogP contribution in [0, 0.1) is 23.7 Å². The number of nitrogens with zero attached hydrogens (tertiary/aromatic N) is 2. The van der Waals surface area contributed by atoms with Crippen LogP contribution < -0.4 is 9.47 Å². The van der Waals surface area contributed by atoms with E-state index in [1.54, 1.807) is 24.3 Å².